The van der Waals surface area contributed by atoms with Gasteiger partial charge in [0.15, 0.2) is 11.6 Å². The van der Waals surface area contributed by atoms with Crippen molar-refractivity contribution in [2.24, 2.45) is 10.7 Å². The topological polar surface area (TPSA) is 81.0 Å². The Hall–Kier alpha value is -2.95. The maximum atomic E-state index is 10.2. The van der Waals surface area contributed by atoms with Gasteiger partial charge in [-0.25, -0.2) is 4.99 Å². The van der Waals surface area contributed by atoms with Crippen LogP contribution >= 0.6 is 0 Å². The molecule has 0 aliphatic heterocycles. The standard InChI is InChI=1S/C16H14N2O3/c1-20-11-7-8-13-12(9-11)14(19)15(21-13)16(17)18-10-5-3-2-4-6-10/h2-9,19H,1H3,(H2,17,18). The van der Waals surface area contributed by atoms with Gasteiger partial charge in [0, 0.05) is 0 Å². The second kappa shape index (κ2) is 5.20. The van der Waals surface area contributed by atoms with Crippen molar-refractivity contribution >= 4 is 22.5 Å². The SMILES string of the molecule is COc1ccc2oc(C(N)=Nc3ccccc3)c(O)c2c1. The van der Waals surface area contributed by atoms with Crippen LogP contribution in [0.1, 0.15) is 5.76 Å². The molecule has 1 aromatic heterocycles. The normalized spacial score (nSPS) is 11.8. The molecule has 3 N–H and O–H groups in total. The first-order valence-corrected chi connectivity index (χ1v) is 6.38. The Labute approximate surface area is 121 Å². The number of fused-ring (bicyclic) bond motifs is 1. The van der Waals surface area contributed by atoms with Crippen LogP contribution in [0.4, 0.5) is 5.69 Å². The van der Waals surface area contributed by atoms with Gasteiger partial charge >= 0.3 is 0 Å². The Bertz CT molecular complexity index is 807. The average molecular weight is 282 g/mol. The fourth-order valence-corrected chi connectivity index (χ4v) is 2.06. The van der Waals surface area contributed by atoms with E-state index in [1.165, 1.54) is 0 Å². The summed E-state index contributed by atoms with van der Waals surface area (Å²) in [6.07, 6.45) is 0. The number of hydrogen-bond donors (Lipinski definition) is 2. The fraction of sp³-hybridized carbons (Fsp3) is 0.0625. The van der Waals surface area contributed by atoms with E-state index in [0.29, 0.717) is 22.4 Å². The van der Waals surface area contributed by atoms with Gasteiger partial charge in [-0.15, -0.1) is 0 Å². The number of rotatable bonds is 3. The third kappa shape index (κ3) is 2.41. The second-order valence-electron chi connectivity index (χ2n) is 4.47. The molecule has 0 fully saturated rings. The molecule has 0 amide bonds. The zero-order chi connectivity index (χ0) is 14.8. The minimum Gasteiger partial charge on any atom is -0.504 e. The van der Waals surface area contributed by atoms with Gasteiger partial charge < -0.3 is 20.0 Å². The molecule has 0 saturated heterocycles. The average Bonchev–Trinajstić information content (AvgIpc) is 2.85. The van der Waals surface area contributed by atoms with Crippen molar-refractivity contribution in [3.05, 3.63) is 54.3 Å². The number of amidine groups is 1. The first kappa shape index (κ1) is 13.1. The summed E-state index contributed by atoms with van der Waals surface area (Å²) in [7, 11) is 1.56. The molecule has 21 heavy (non-hydrogen) atoms. The summed E-state index contributed by atoms with van der Waals surface area (Å²) in [6.45, 7) is 0. The number of hydrogen-bond acceptors (Lipinski definition) is 4. The largest absolute Gasteiger partial charge is 0.504 e. The van der Waals surface area contributed by atoms with Crippen molar-refractivity contribution in [1.29, 1.82) is 0 Å². The molecule has 3 aromatic rings. The van der Waals surface area contributed by atoms with Gasteiger partial charge in [0.2, 0.25) is 5.76 Å². The third-order valence-electron chi connectivity index (χ3n) is 3.11. The van der Waals surface area contributed by atoms with Crippen LogP contribution in [0.15, 0.2) is 57.9 Å². The summed E-state index contributed by atoms with van der Waals surface area (Å²) in [5.74, 6) is 0.862. The summed E-state index contributed by atoms with van der Waals surface area (Å²) in [6, 6.07) is 14.4. The highest BCUT2D eigenvalue weighted by Crippen LogP contribution is 2.34. The van der Waals surface area contributed by atoms with E-state index in [4.69, 9.17) is 14.9 Å². The Morgan fingerprint density at radius 2 is 1.95 bits per heavy atom. The molecule has 0 unspecified atom stereocenters. The van der Waals surface area contributed by atoms with Gasteiger partial charge in [-0.3, -0.25) is 0 Å². The van der Waals surface area contributed by atoms with Gasteiger partial charge in [0.05, 0.1) is 18.2 Å². The van der Waals surface area contributed by atoms with Crippen LogP contribution in [0, 0.1) is 0 Å². The Kier molecular flexibility index (Phi) is 3.23. The molecule has 0 bridgehead atoms. The number of methoxy groups -OCH3 is 1. The molecule has 5 nitrogen and oxygen atoms in total. The van der Waals surface area contributed by atoms with Gasteiger partial charge in [0.25, 0.3) is 0 Å². The number of benzene rings is 2. The van der Waals surface area contributed by atoms with E-state index in [-0.39, 0.29) is 17.3 Å². The van der Waals surface area contributed by atoms with E-state index in [1.54, 1.807) is 25.3 Å². The molecule has 5 heteroatoms. The van der Waals surface area contributed by atoms with Crippen LogP contribution in [0.25, 0.3) is 11.0 Å². The van der Waals surface area contributed by atoms with Gasteiger partial charge in [-0.2, -0.15) is 0 Å². The summed E-state index contributed by atoms with van der Waals surface area (Å²) in [4.78, 5) is 4.24. The third-order valence-corrected chi connectivity index (χ3v) is 3.11. The summed E-state index contributed by atoms with van der Waals surface area (Å²) in [5, 5.41) is 10.8. The lowest BCUT2D eigenvalue weighted by molar-refractivity contribution is 0.415. The number of furan rings is 1. The first-order chi connectivity index (χ1) is 10.2. The number of aliphatic imine (C=N–C) groups is 1. The summed E-state index contributed by atoms with van der Waals surface area (Å²) in [5.41, 5.74) is 7.14. The molecule has 2 aromatic carbocycles. The van der Waals surface area contributed by atoms with E-state index in [9.17, 15) is 5.11 Å². The Morgan fingerprint density at radius 1 is 1.19 bits per heavy atom. The maximum absolute atomic E-state index is 10.2. The van der Waals surface area contributed by atoms with Crippen molar-refractivity contribution < 1.29 is 14.3 Å². The van der Waals surface area contributed by atoms with E-state index < -0.39 is 0 Å². The highest BCUT2D eigenvalue weighted by atomic mass is 16.5. The van der Waals surface area contributed by atoms with Crippen LogP contribution < -0.4 is 10.5 Å². The van der Waals surface area contributed by atoms with Crippen LogP contribution in [0.2, 0.25) is 0 Å². The Balaban J connectivity index is 2.08. The molecule has 0 aliphatic carbocycles. The second-order valence-corrected chi connectivity index (χ2v) is 4.47. The molecule has 0 radical (unpaired) electrons. The monoisotopic (exact) mass is 282 g/mol. The van der Waals surface area contributed by atoms with Crippen LogP contribution in [0.3, 0.4) is 0 Å². The lowest BCUT2D eigenvalue weighted by Crippen LogP contribution is -2.11. The van der Waals surface area contributed by atoms with E-state index in [2.05, 4.69) is 4.99 Å². The molecular formula is C16H14N2O3. The molecule has 0 saturated carbocycles. The molecule has 0 atom stereocenters. The molecule has 106 valence electrons. The van der Waals surface area contributed by atoms with Crippen molar-refractivity contribution in [2.75, 3.05) is 7.11 Å². The van der Waals surface area contributed by atoms with Crippen molar-refractivity contribution in [2.45, 2.75) is 0 Å². The number of nitrogens with zero attached hydrogens (tertiary/aromatic N) is 1. The Morgan fingerprint density at radius 3 is 2.67 bits per heavy atom. The van der Waals surface area contributed by atoms with Crippen molar-refractivity contribution in [1.82, 2.24) is 0 Å². The van der Waals surface area contributed by atoms with Crippen LogP contribution in [-0.4, -0.2) is 18.1 Å². The lowest BCUT2D eigenvalue weighted by Gasteiger charge is -1.98. The smallest absolute Gasteiger partial charge is 0.211 e. The lowest BCUT2D eigenvalue weighted by atomic mass is 10.2. The number of para-hydroxylation sites is 1. The predicted octanol–water partition coefficient (Wildman–Crippen LogP) is 3.18. The van der Waals surface area contributed by atoms with E-state index in [1.807, 2.05) is 30.3 Å². The molecule has 0 aliphatic rings. The first-order valence-electron chi connectivity index (χ1n) is 6.38. The highest BCUT2D eigenvalue weighted by Gasteiger charge is 2.17. The summed E-state index contributed by atoms with van der Waals surface area (Å²) >= 11 is 0. The van der Waals surface area contributed by atoms with Crippen molar-refractivity contribution in [3.63, 3.8) is 0 Å². The van der Waals surface area contributed by atoms with Gasteiger partial charge in [-0.1, -0.05) is 18.2 Å². The highest BCUT2D eigenvalue weighted by molar-refractivity contribution is 6.04. The quantitative estimate of drug-likeness (QED) is 0.571. The van der Waals surface area contributed by atoms with E-state index >= 15 is 0 Å². The number of nitrogens with two attached hydrogens (primary N) is 1. The minimum atomic E-state index is -0.0407. The molecule has 1 heterocycles. The van der Waals surface area contributed by atoms with Crippen LogP contribution in [-0.2, 0) is 0 Å². The zero-order valence-electron chi connectivity index (χ0n) is 11.4. The fourth-order valence-electron chi connectivity index (χ4n) is 2.06. The molecule has 3 rings (SSSR count). The maximum Gasteiger partial charge on any atom is 0.211 e. The van der Waals surface area contributed by atoms with Gasteiger partial charge in [-0.05, 0) is 30.3 Å². The van der Waals surface area contributed by atoms with Gasteiger partial charge in [0.1, 0.15) is 11.3 Å². The predicted molar refractivity (Wildman–Crippen MR) is 81.3 cm³/mol. The minimum absolute atomic E-state index is 0.0407. The molecule has 0 spiro atoms. The summed E-state index contributed by atoms with van der Waals surface area (Å²) < 4.78 is 10.7. The molecular weight excluding hydrogens is 268 g/mol. The zero-order valence-corrected chi connectivity index (χ0v) is 11.4. The van der Waals surface area contributed by atoms with E-state index in [0.717, 1.165) is 0 Å². The number of ether oxygens (including phenoxy) is 1. The van der Waals surface area contributed by atoms with Crippen molar-refractivity contribution in [3.8, 4) is 11.5 Å². The van der Waals surface area contributed by atoms with Crippen LogP contribution in [0.5, 0.6) is 11.5 Å². The number of aromatic hydroxyl groups is 1.